The van der Waals surface area contributed by atoms with Crippen LogP contribution in [0.15, 0.2) is 8.94 Å². The van der Waals surface area contributed by atoms with Gasteiger partial charge in [0.2, 0.25) is 5.76 Å². The number of hydrogen-bond acceptors (Lipinski definition) is 6. The van der Waals surface area contributed by atoms with Gasteiger partial charge < -0.3 is 14.3 Å². The first kappa shape index (κ1) is 10.8. The largest absolute Gasteiger partial charge is 0.436 e. The van der Waals surface area contributed by atoms with Crippen molar-refractivity contribution in [2.75, 3.05) is 6.54 Å². The zero-order chi connectivity index (χ0) is 11.5. The van der Waals surface area contributed by atoms with Crippen LogP contribution >= 0.6 is 0 Å². The molecular formula is C10H14N4O2. The molecule has 0 unspecified atom stereocenters. The number of oxazole rings is 1. The Morgan fingerprint density at radius 3 is 2.69 bits per heavy atom. The summed E-state index contributed by atoms with van der Waals surface area (Å²) >= 11 is 0. The standard InChI is InChI=1S/C10H14N4O2/c1-4-11-5-8-13-10(16-14-8)9-6(2)12-7(3)15-9/h11H,4-5H2,1-3H3. The third-order valence-electron chi connectivity index (χ3n) is 2.10. The average molecular weight is 222 g/mol. The Morgan fingerprint density at radius 1 is 1.25 bits per heavy atom. The number of nitrogens with zero attached hydrogens (tertiary/aromatic N) is 3. The van der Waals surface area contributed by atoms with Crippen LogP contribution in [-0.4, -0.2) is 21.7 Å². The highest BCUT2D eigenvalue weighted by molar-refractivity contribution is 5.47. The molecule has 2 heterocycles. The lowest BCUT2D eigenvalue weighted by Gasteiger charge is -1.92. The summed E-state index contributed by atoms with van der Waals surface area (Å²) in [4.78, 5) is 8.37. The molecule has 2 aromatic rings. The molecule has 0 bridgehead atoms. The van der Waals surface area contributed by atoms with Gasteiger partial charge in [0.05, 0.1) is 12.2 Å². The summed E-state index contributed by atoms with van der Waals surface area (Å²) in [6.45, 7) is 7.11. The Labute approximate surface area is 93.1 Å². The number of rotatable bonds is 4. The molecule has 6 nitrogen and oxygen atoms in total. The highest BCUT2D eigenvalue weighted by Gasteiger charge is 2.16. The highest BCUT2D eigenvalue weighted by atomic mass is 16.5. The van der Waals surface area contributed by atoms with Crippen molar-refractivity contribution in [3.63, 3.8) is 0 Å². The first-order valence-electron chi connectivity index (χ1n) is 5.18. The summed E-state index contributed by atoms with van der Waals surface area (Å²) in [6.07, 6.45) is 0. The van der Waals surface area contributed by atoms with E-state index in [1.54, 1.807) is 6.92 Å². The smallest absolute Gasteiger partial charge is 0.295 e. The van der Waals surface area contributed by atoms with Gasteiger partial charge in [0.25, 0.3) is 5.89 Å². The summed E-state index contributed by atoms with van der Waals surface area (Å²) in [5.74, 6) is 2.14. The molecule has 0 saturated carbocycles. The molecule has 2 aromatic heterocycles. The lowest BCUT2D eigenvalue weighted by Crippen LogP contribution is -2.12. The van der Waals surface area contributed by atoms with Crippen LogP contribution < -0.4 is 5.32 Å². The summed E-state index contributed by atoms with van der Waals surface area (Å²) < 4.78 is 10.5. The maximum absolute atomic E-state index is 5.39. The fourth-order valence-corrected chi connectivity index (χ4v) is 1.38. The van der Waals surface area contributed by atoms with Crippen LogP contribution in [0.3, 0.4) is 0 Å². The van der Waals surface area contributed by atoms with Gasteiger partial charge in [-0.3, -0.25) is 0 Å². The van der Waals surface area contributed by atoms with Crippen molar-refractivity contribution >= 4 is 0 Å². The topological polar surface area (TPSA) is 77.0 Å². The van der Waals surface area contributed by atoms with Crippen LogP contribution in [-0.2, 0) is 6.54 Å². The first-order valence-corrected chi connectivity index (χ1v) is 5.18. The van der Waals surface area contributed by atoms with Gasteiger partial charge in [-0.25, -0.2) is 4.98 Å². The molecular weight excluding hydrogens is 208 g/mol. The molecule has 0 aliphatic heterocycles. The molecule has 0 saturated heterocycles. The van der Waals surface area contributed by atoms with Gasteiger partial charge in [-0.05, 0) is 13.5 Å². The predicted molar refractivity (Wildman–Crippen MR) is 56.6 cm³/mol. The Kier molecular flexibility index (Phi) is 3.00. The van der Waals surface area contributed by atoms with E-state index in [1.807, 2.05) is 13.8 Å². The fraction of sp³-hybridized carbons (Fsp3) is 0.500. The molecule has 1 N–H and O–H groups in total. The minimum atomic E-state index is 0.381. The number of hydrogen-bond donors (Lipinski definition) is 1. The lowest BCUT2D eigenvalue weighted by molar-refractivity contribution is 0.404. The summed E-state index contributed by atoms with van der Waals surface area (Å²) in [6, 6.07) is 0. The van der Waals surface area contributed by atoms with Crippen molar-refractivity contribution in [1.82, 2.24) is 20.4 Å². The Morgan fingerprint density at radius 2 is 2.06 bits per heavy atom. The van der Waals surface area contributed by atoms with Crippen LogP contribution in [0.5, 0.6) is 0 Å². The van der Waals surface area contributed by atoms with Crippen molar-refractivity contribution in [2.24, 2.45) is 0 Å². The van der Waals surface area contributed by atoms with E-state index in [4.69, 9.17) is 8.94 Å². The molecule has 0 fully saturated rings. The SMILES string of the molecule is CCNCc1noc(-c2oc(C)nc2C)n1. The van der Waals surface area contributed by atoms with Gasteiger partial charge in [0.15, 0.2) is 11.7 Å². The number of aromatic nitrogens is 3. The Balaban J connectivity index is 2.21. The van der Waals surface area contributed by atoms with Crippen LogP contribution in [0.2, 0.25) is 0 Å². The second-order valence-electron chi connectivity index (χ2n) is 3.44. The minimum Gasteiger partial charge on any atom is -0.436 e. The maximum atomic E-state index is 5.39. The van der Waals surface area contributed by atoms with Crippen molar-refractivity contribution in [2.45, 2.75) is 27.3 Å². The van der Waals surface area contributed by atoms with Gasteiger partial charge in [0, 0.05) is 6.92 Å². The van der Waals surface area contributed by atoms with Crippen LogP contribution in [0.4, 0.5) is 0 Å². The average Bonchev–Trinajstić information content (AvgIpc) is 2.82. The van der Waals surface area contributed by atoms with E-state index in [0.29, 0.717) is 29.9 Å². The Hall–Kier alpha value is -1.69. The molecule has 0 aromatic carbocycles. The van der Waals surface area contributed by atoms with E-state index in [2.05, 4.69) is 20.4 Å². The number of nitrogens with one attached hydrogen (secondary N) is 1. The van der Waals surface area contributed by atoms with Gasteiger partial charge >= 0.3 is 0 Å². The molecule has 0 atom stereocenters. The van der Waals surface area contributed by atoms with E-state index < -0.39 is 0 Å². The van der Waals surface area contributed by atoms with Gasteiger partial charge in [-0.1, -0.05) is 12.1 Å². The van der Waals surface area contributed by atoms with Gasteiger partial charge in [-0.15, -0.1) is 0 Å². The lowest BCUT2D eigenvalue weighted by atomic mass is 10.4. The van der Waals surface area contributed by atoms with Crippen molar-refractivity contribution in [3.8, 4) is 11.7 Å². The van der Waals surface area contributed by atoms with Crippen molar-refractivity contribution in [3.05, 3.63) is 17.4 Å². The molecule has 0 spiro atoms. The molecule has 0 aliphatic carbocycles. The third-order valence-corrected chi connectivity index (χ3v) is 2.10. The normalized spacial score (nSPS) is 10.9. The Bertz CT molecular complexity index is 475. The highest BCUT2D eigenvalue weighted by Crippen LogP contribution is 2.22. The first-order chi connectivity index (χ1) is 7.70. The monoisotopic (exact) mass is 222 g/mol. The van der Waals surface area contributed by atoms with E-state index >= 15 is 0 Å². The van der Waals surface area contributed by atoms with Crippen LogP contribution in [0, 0.1) is 13.8 Å². The molecule has 0 aliphatic rings. The second kappa shape index (κ2) is 4.44. The molecule has 16 heavy (non-hydrogen) atoms. The second-order valence-corrected chi connectivity index (χ2v) is 3.44. The van der Waals surface area contributed by atoms with E-state index in [-0.39, 0.29) is 0 Å². The molecule has 0 amide bonds. The summed E-state index contributed by atoms with van der Waals surface area (Å²) in [5.41, 5.74) is 0.760. The van der Waals surface area contributed by atoms with Gasteiger partial charge in [-0.2, -0.15) is 4.98 Å². The molecule has 2 rings (SSSR count). The third kappa shape index (κ3) is 2.11. The summed E-state index contributed by atoms with van der Waals surface area (Å²) in [5, 5.41) is 6.96. The predicted octanol–water partition coefficient (Wildman–Crippen LogP) is 1.45. The zero-order valence-corrected chi connectivity index (χ0v) is 9.57. The molecule has 86 valence electrons. The van der Waals surface area contributed by atoms with Crippen molar-refractivity contribution in [1.29, 1.82) is 0 Å². The maximum Gasteiger partial charge on any atom is 0.295 e. The minimum absolute atomic E-state index is 0.381. The van der Waals surface area contributed by atoms with E-state index in [0.717, 1.165) is 12.2 Å². The quantitative estimate of drug-likeness (QED) is 0.843. The molecule has 6 heteroatoms. The van der Waals surface area contributed by atoms with E-state index in [1.165, 1.54) is 0 Å². The summed E-state index contributed by atoms with van der Waals surface area (Å²) in [7, 11) is 0. The fourth-order valence-electron chi connectivity index (χ4n) is 1.38. The van der Waals surface area contributed by atoms with Crippen LogP contribution in [0.1, 0.15) is 24.3 Å². The molecule has 0 radical (unpaired) electrons. The zero-order valence-electron chi connectivity index (χ0n) is 9.57. The van der Waals surface area contributed by atoms with Crippen LogP contribution in [0.25, 0.3) is 11.7 Å². The van der Waals surface area contributed by atoms with Gasteiger partial charge in [0.1, 0.15) is 0 Å². The van der Waals surface area contributed by atoms with E-state index in [9.17, 15) is 0 Å². The number of aryl methyl sites for hydroxylation is 2. The van der Waals surface area contributed by atoms with Crippen molar-refractivity contribution < 1.29 is 8.94 Å².